The van der Waals surface area contributed by atoms with Crippen LogP contribution in [0.3, 0.4) is 0 Å². The van der Waals surface area contributed by atoms with Crippen molar-refractivity contribution in [2.45, 2.75) is 12.3 Å². The summed E-state index contributed by atoms with van der Waals surface area (Å²) in [6.07, 6.45) is 11.7. The maximum atomic E-state index is 4.67. The van der Waals surface area contributed by atoms with E-state index in [0.717, 1.165) is 45.6 Å². The minimum atomic E-state index is 0.256. The molecule has 0 bridgehead atoms. The zero-order valence-corrected chi connectivity index (χ0v) is 30.7. The molecule has 56 heavy (non-hydrogen) atoms. The minimum Gasteiger partial charge on any atom is -0.261 e. The molecule has 262 valence electrons. The third-order valence-corrected chi connectivity index (χ3v) is 10.9. The van der Waals surface area contributed by atoms with Crippen molar-refractivity contribution in [1.29, 1.82) is 0 Å². The quantitative estimate of drug-likeness (QED) is 0.154. The lowest BCUT2D eigenvalue weighted by atomic mass is 9.82. The Labute approximate surface area is 327 Å². The van der Waals surface area contributed by atoms with E-state index in [9.17, 15) is 0 Å². The normalized spacial score (nSPS) is 13.7. The van der Waals surface area contributed by atoms with Crippen molar-refractivity contribution in [1.82, 2.24) is 9.97 Å². The molecular weight excluding hydrogens is 677 g/mol. The second kappa shape index (κ2) is 14.5. The summed E-state index contributed by atoms with van der Waals surface area (Å²) in [5.41, 5.74) is 14.9. The van der Waals surface area contributed by atoms with Gasteiger partial charge in [0.25, 0.3) is 0 Å². The van der Waals surface area contributed by atoms with Crippen LogP contribution < -0.4 is 0 Å². The third-order valence-electron chi connectivity index (χ3n) is 10.9. The van der Waals surface area contributed by atoms with Gasteiger partial charge in [0.1, 0.15) is 0 Å². The lowest BCUT2D eigenvalue weighted by Gasteiger charge is -2.22. The summed E-state index contributed by atoms with van der Waals surface area (Å²) in [6.45, 7) is 0. The predicted molar refractivity (Wildman–Crippen MR) is 233 cm³/mol. The fourth-order valence-corrected chi connectivity index (χ4v) is 8.21. The van der Waals surface area contributed by atoms with E-state index in [1.165, 1.54) is 54.9 Å². The van der Waals surface area contributed by atoms with Crippen LogP contribution in [0.1, 0.15) is 23.6 Å². The lowest BCUT2D eigenvalue weighted by molar-refractivity contribution is 0.818. The van der Waals surface area contributed by atoms with Crippen LogP contribution in [0.5, 0.6) is 0 Å². The smallest absolute Gasteiger partial charge is 0.0701 e. The molecular formula is C54H36N2. The lowest BCUT2D eigenvalue weighted by Crippen LogP contribution is -2.01. The maximum Gasteiger partial charge on any atom is 0.0701 e. The molecule has 2 heterocycles. The van der Waals surface area contributed by atoms with Gasteiger partial charge in [0.15, 0.2) is 0 Å². The summed E-state index contributed by atoms with van der Waals surface area (Å²) < 4.78 is 0. The summed E-state index contributed by atoms with van der Waals surface area (Å²) in [4.78, 5) is 9.29. The number of fused-ring (bicyclic) bond motifs is 2. The number of aromatic nitrogens is 2. The molecule has 0 saturated heterocycles. The number of hydrogen-bond donors (Lipinski definition) is 0. The zero-order chi connectivity index (χ0) is 37.3. The molecule has 9 aromatic rings. The Hall–Kier alpha value is -7.34. The molecule has 2 nitrogen and oxygen atoms in total. The van der Waals surface area contributed by atoms with Crippen molar-refractivity contribution in [2.75, 3.05) is 0 Å². The minimum absolute atomic E-state index is 0.256. The highest BCUT2D eigenvalue weighted by molar-refractivity contribution is 6.20. The molecule has 0 radical (unpaired) electrons. The van der Waals surface area contributed by atoms with Crippen molar-refractivity contribution < 1.29 is 0 Å². The second-order valence-electron chi connectivity index (χ2n) is 14.3. The molecule has 1 unspecified atom stereocenters. The first kappa shape index (κ1) is 33.2. The number of nitrogens with zero attached hydrogens (tertiary/aromatic N) is 2. The molecule has 0 N–H and O–H groups in total. The van der Waals surface area contributed by atoms with E-state index >= 15 is 0 Å². The zero-order valence-electron chi connectivity index (χ0n) is 30.7. The number of benzene rings is 6. The Morgan fingerprint density at radius 3 is 1.86 bits per heavy atom. The molecule has 2 aromatic heterocycles. The molecule has 10 rings (SSSR count). The van der Waals surface area contributed by atoms with Crippen molar-refractivity contribution in [3.63, 3.8) is 0 Å². The van der Waals surface area contributed by atoms with Crippen LogP contribution in [-0.2, 0) is 0 Å². The first-order valence-corrected chi connectivity index (χ1v) is 19.2. The van der Waals surface area contributed by atoms with E-state index in [-0.39, 0.29) is 5.92 Å². The average Bonchev–Trinajstić information content (AvgIpc) is 3.29. The van der Waals surface area contributed by atoms with E-state index in [2.05, 4.69) is 180 Å². The molecule has 0 aliphatic heterocycles. The maximum absolute atomic E-state index is 4.67. The van der Waals surface area contributed by atoms with Crippen LogP contribution in [0, 0.1) is 12.1 Å². The molecule has 7 aromatic carbocycles. The van der Waals surface area contributed by atoms with Crippen LogP contribution in [0.25, 0.3) is 82.9 Å². The molecule has 0 saturated carbocycles. The molecule has 1 aliphatic rings. The van der Waals surface area contributed by atoms with Gasteiger partial charge in [0.05, 0.1) is 5.69 Å². The molecule has 1 atom stereocenters. The molecule has 0 amide bonds. The van der Waals surface area contributed by atoms with E-state index < -0.39 is 0 Å². The standard InChI is InChI=1S/C54H36N2/c1-3-13-37(14-4-1)44-33-45(38-15-5-2-6-16-38)35-46(34-44)43-29-30-49-50(36-43)54(42-27-23-40(24-28-42)52-20-10-12-32-56-52)48-18-8-7-17-47(48)53(49)41-25-21-39(22-26-41)51-19-9-11-31-55-51/h1-5,7-15,17-21,23-36,39H,22H2. The van der Waals surface area contributed by atoms with Crippen molar-refractivity contribution >= 4 is 27.1 Å². The van der Waals surface area contributed by atoms with Crippen LogP contribution in [0.4, 0.5) is 0 Å². The van der Waals surface area contributed by atoms with Gasteiger partial charge in [0, 0.05) is 35.1 Å². The highest BCUT2D eigenvalue weighted by Crippen LogP contribution is 2.45. The van der Waals surface area contributed by atoms with Crippen molar-refractivity contribution in [3.8, 4) is 55.8 Å². The Balaban J connectivity index is 1.20. The van der Waals surface area contributed by atoms with Gasteiger partial charge < -0.3 is 0 Å². The molecule has 0 fully saturated rings. The average molecular weight is 713 g/mol. The van der Waals surface area contributed by atoms with E-state index in [1.807, 2.05) is 42.7 Å². The van der Waals surface area contributed by atoms with Gasteiger partial charge in [0.2, 0.25) is 0 Å². The molecule has 2 heteroatoms. The Bertz CT molecular complexity index is 2840. The largest absolute Gasteiger partial charge is 0.261 e. The highest BCUT2D eigenvalue weighted by atomic mass is 14.7. The summed E-state index contributed by atoms with van der Waals surface area (Å²) in [7, 11) is 0. The fourth-order valence-electron chi connectivity index (χ4n) is 8.21. The van der Waals surface area contributed by atoms with Crippen molar-refractivity contribution in [3.05, 3.63) is 224 Å². The van der Waals surface area contributed by atoms with E-state index in [1.54, 1.807) is 0 Å². The monoisotopic (exact) mass is 712 g/mol. The summed E-state index contributed by atoms with van der Waals surface area (Å²) in [5, 5.41) is 4.92. The van der Waals surface area contributed by atoms with Crippen molar-refractivity contribution in [2.24, 2.45) is 0 Å². The van der Waals surface area contributed by atoms with Gasteiger partial charge in [-0.3, -0.25) is 9.97 Å². The van der Waals surface area contributed by atoms with Crippen LogP contribution >= 0.6 is 0 Å². The summed E-state index contributed by atoms with van der Waals surface area (Å²) >= 11 is 0. The third kappa shape index (κ3) is 6.26. The summed E-state index contributed by atoms with van der Waals surface area (Å²) in [6, 6.07) is 67.2. The Kier molecular flexibility index (Phi) is 8.59. The van der Waals surface area contributed by atoms with E-state index in [4.69, 9.17) is 0 Å². The number of hydrogen-bond acceptors (Lipinski definition) is 2. The second-order valence-corrected chi connectivity index (χ2v) is 14.3. The van der Waals surface area contributed by atoms with Gasteiger partial charge in [-0.05, 0) is 139 Å². The fraction of sp³-hybridized carbons (Fsp3) is 0.0370. The van der Waals surface area contributed by atoms with Gasteiger partial charge >= 0.3 is 0 Å². The van der Waals surface area contributed by atoms with Crippen LogP contribution in [-0.4, -0.2) is 9.97 Å². The molecule has 0 spiro atoms. The van der Waals surface area contributed by atoms with Gasteiger partial charge in [-0.15, -0.1) is 0 Å². The van der Waals surface area contributed by atoms with Crippen LogP contribution in [0.15, 0.2) is 200 Å². The Morgan fingerprint density at radius 2 is 1.14 bits per heavy atom. The number of allylic oxidation sites excluding steroid dienone is 4. The van der Waals surface area contributed by atoms with Gasteiger partial charge in [-0.1, -0.05) is 140 Å². The SMILES string of the molecule is c1cccc(-c2cc(-c3ccccc3)cc(-c3ccc4c(C5=CCC(c6ccccn6)C=C5)c5ccccc5c(-c5ccc(-c6ccccn6)cc5)c4c3)c2)c#1. The van der Waals surface area contributed by atoms with Crippen LogP contribution in [0.2, 0.25) is 0 Å². The van der Waals surface area contributed by atoms with Gasteiger partial charge in [-0.2, -0.15) is 0 Å². The highest BCUT2D eigenvalue weighted by Gasteiger charge is 2.21. The number of rotatable bonds is 7. The Morgan fingerprint density at radius 1 is 0.464 bits per heavy atom. The topological polar surface area (TPSA) is 25.8 Å². The first-order valence-electron chi connectivity index (χ1n) is 19.2. The molecule has 1 aliphatic carbocycles. The number of pyridine rings is 2. The summed E-state index contributed by atoms with van der Waals surface area (Å²) in [5.74, 6) is 0.256. The van der Waals surface area contributed by atoms with E-state index in [0.29, 0.717) is 0 Å². The first-order chi connectivity index (χ1) is 27.8. The predicted octanol–water partition coefficient (Wildman–Crippen LogP) is 13.8. The van der Waals surface area contributed by atoms with Gasteiger partial charge in [-0.25, -0.2) is 0 Å².